The summed E-state index contributed by atoms with van der Waals surface area (Å²) in [4.78, 5) is 14.3. The quantitative estimate of drug-likeness (QED) is 0.797. The molecule has 1 heterocycles. The van der Waals surface area contributed by atoms with Crippen molar-refractivity contribution in [2.45, 2.75) is 76.5 Å². The van der Waals surface area contributed by atoms with E-state index < -0.39 is 0 Å². The number of amides is 1. The number of likely N-dealkylation sites (tertiary alicyclic amines) is 1. The topological polar surface area (TPSA) is 55.6 Å². The van der Waals surface area contributed by atoms with Crippen LogP contribution in [0.25, 0.3) is 0 Å². The van der Waals surface area contributed by atoms with Crippen molar-refractivity contribution >= 4 is 5.91 Å². The number of piperidine rings is 1. The monoisotopic (exact) mass is 268 g/mol. The summed E-state index contributed by atoms with van der Waals surface area (Å²) in [6.07, 6.45) is 8.84. The number of hydrogen-bond acceptors (Lipinski definition) is 3. The molecule has 0 bridgehead atoms. The molecule has 2 rings (SSSR count). The lowest BCUT2D eigenvalue weighted by atomic mass is 10.1. The van der Waals surface area contributed by atoms with Crippen molar-refractivity contribution in [3.05, 3.63) is 0 Å². The molecule has 1 amide bonds. The van der Waals surface area contributed by atoms with Crippen LogP contribution in [-0.4, -0.2) is 42.1 Å². The van der Waals surface area contributed by atoms with Gasteiger partial charge in [0.2, 0.25) is 0 Å². The van der Waals surface area contributed by atoms with Crippen LogP contribution in [0.2, 0.25) is 0 Å². The Hall–Kier alpha value is -0.610. The zero-order valence-corrected chi connectivity index (χ0v) is 12.1. The minimum absolute atomic E-state index is 0.0613. The number of nitrogens with two attached hydrogens (primary N) is 1. The summed E-state index contributed by atoms with van der Waals surface area (Å²) in [6.45, 7) is 3.67. The molecule has 1 aliphatic carbocycles. The van der Waals surface area contributed by atoms with Crippen LogP contribution >= 0.6 is 0 Å². The summed E-state index contributed by atoms with van der Waals surface area (Å²) in [5.74, 6) is 0.149. The van der Waals surface area contributed by atoms with E-state index in [4.69, 9.17) is 10.5 Å². The maximum atomic E-state index is 12.3. The van der Waals surface area contributed by atoms with Gasteiger partial charge in [-0.25, -0.2) is 0 Å². The normalized spacial score (nSPS) is 30.7. The van der Waals surface area contributed by atoms with E-state index in [2.05, 4.69) is 0 Å². The third kappa shape index (κ3) is 4.18. The van der Waals surface area contributed by atoms with E-state index in [-0.39, 0.29) is 24.2 Å². The molecule has 0 aromatic rings. The third-order valence-electron chi connectivity index (χ3n) is 4.40. The van der Waals surface area contributed by atoms with Crippen molar-refractivity contribution in [3.8, 4) is 0 Å². The lowest BCUT2D eigenvalue weighted by Gasteiger charge is -2.31. The fraction of sp³-hybridized carbons (Fsp3) is 0.933. The van der Waals surface area contributed by atoms with Crippen molar-refractivity contribution < 1.29 is 9.53 Å². The number of carbonyl (C=O) groups excluding carboxylic acids is 1. The fourth-order valence-electron chi connectivity index (χ4n) is 3.16. The van der Waals surface area contributed by atoms with E-state index in [9.17, 15) is 4.79 Å². The van der Waals surface area contributed by atoms with Gasteiger partial charge in [0.1, 0.15) is 6.10 Å². The van der Waals surface area contributed by atoms with Crippen LogP contribution in [0.3, 0.4) is 0 Å². The highest BCUT2D eigenvalue weighted by molar-refractivity contribution is 5.80. The Morgan fingerprint density at radius 3 is 2.47 bits per heavy atom. The molecule has 4 nitrogen and oxygen atoms in total. The summed E-state index contributed by atoms with van der Waals surface area (Å²) in [7, 11) is 0. The molecule has 1 aliphatic heterocycles. The van der Waals surface area contributed by atoms with E-state index in [1.54, 1.807) is 0 Å². The van der Waals surface area contributed by atoms with Gasteiger partial charge in [0.25, 0.3) is 5.91 Å². The van der Waals surface area contributed by atoms with Gasteiger partial charge in [0.05, 0.1) is 6.10 Å². The lowest BCUT2D eigenvalue weighted by Crippen LogP contribution is -2.46. The number of ether oxygens (including phenoxy) is 1. The van der Waals surface area contributed by atoms with Crippen molar-refractivity contribution in [1.82, 2.24) is 4.90 Å². The van der Waals surface area contributed by atoms with Gasteiger partial charge in [0.15, 0.2) is 0 Å². The van der Waals surface area contributed by atoms with Crippen LogP contribution < -0.4 is 5.73 Å². The Morgan fingerprint density at radius 2 is 1.74 bits per heavy atom. The Labute approximate surface area is 116 Å². The third-order valence-corrected chi connectivity index (χ3v) is 4.40. The highest BCUT2D eigenvalue weighted by atomic mass is 16.5. The van der Waals surface area contributed by atoms with Crippen molar-refractivity contribution in [2.24, 2.45) is 5.73 Å². The first kappa shape index (κ1) is 14.8. The van der Waals surface area contributed by atoms with Gasteiger partial charge >= 0.3 is 0 Å². The molecule has 2 aliphatic rings. The lowest BCUT2D eigenvalue weighted by molar-refractivity contribution is -0.148. The maximum Gasteiger partial charge on any atom is 0.251 e. The van der Waals surface area contributed by atoms with E-state index in [0.29, 0.717) is 0 Å². The zero-order valence-electron chi connectivity index (χ0n) is 12.1. The Bertz CT molecular complexity index is 290. The Morgan fingerprint density at radius 1 is 1.11 bits per heavy atom. The molecule has 0 aromatic heterocycles. The molecule has 4 heteroatoms. The summed E-state index contributed by atoms with van der Waals surface area (Å²) in [6, 6.07) is 0.0964. The van der Waals surface area contributed by atoms with E-state index >= 15 is 0 Å². The number of carbonyl (C=O) groups is 1. The van der Waals surface area contributed by atoms with Crippen LogP contribution in [0.5, 0.6) is 0 Å². The van der Waals surface area contributed by atoms with Crippen molar-refractivity contribution in [3.63, 3.8) is 0 Å². The van der Waals surface area contributed by atoms with Gasteiger partial charge in [-0.15, -0.1) is 0 Å². The van der Waals surface area contributed by atoms with Crippen LogP contribution in [0, 0.1) is 0 Å². The summed E-state index contributed by atoms with van der Waals surface area (Å²) >= 11 is 0. The predicted octanol–water partition coefficient (Wildman–Crippen LogP) is 2.06. The minimum atomic E-state index is -0.341. The number of nitrogens with zero attached hydrogens (tertiary/aromatic N) is 1. The first-order chi connectivity index (χ1) is 9.18. The SMILES string of the molecule is CC(OC1CCCCCC1N)C(=O)N1CCCCC1. The zero-order chi connectivity index (χ0) is 13.7. The summed E-state index contributed by atoms with van der Waals surface area (Å²) in [5, 5.41) is 0. The molecule has 1 saturated heterocycles. The van der Waals surface area contributed by atoms with E-state index in [1.807, 2.05) is 11.8 Å². The first-order valence-electron chi connectivity index (χ1n) is 7.88. The van der Waals surface area contributed by atoms with Crippen LogP contribution in [0.1, 0.15) is 58.3 Å². The molecule has 1 saturated carbocycles. The molecule has 2 fully saturated rings. The highest BCUT2D eigenvalue weighted by Gasteiger charge is 2.28. The molecular formula is C15H28N2O2. The predicted molar refractivity (Wildman–Crippen MR) is 75.8 cm³/mol. The molecule has 3 atom stereocenters. The van der Waals surface area contributed by atoms with Crippen LogP contribution in [0.4, 0.5) is 0 Å². The second-order valence-corrected chi connectivity index (χ2v) is 6.00. The fourth-order valence-corrected chi connectivity index (χ4v) is 3.16. The smallest absolute Gasteiger partial charge is 0.251 e. The average Bonchev–Trinajstić information content (AvgIpc) is 2.64. The minimum Gasteiger partial charge on any atom is -0.364 e. The number of rotatable bonds is 3. The molecular weight excluding hydrogens is 240 g/mol. The van der Waals surface area contributed by atoms with Gasteiger partial charge in [-0.2, -0.15) is 0 Å². The summed E-state index contributed by atoms with van der Waals surface area (Å²) in [5.41, 5.74) is 6.16. The first-order valence-corrected chi connectivity index (χ1v) is 7.88. The van der Waals surface area contributed by atoms with Crippen LogP contribution in [-0.2, 0) is 9.53 Å². The van der Waals surface area contributed by atoms with Gasteiger partial charge in [-0.1, -0.05) is 19.3 Å². The standard InChI is InChI=1S/C15H28N2O2/c1-12(15(18)17-10-6-3-7-11-17)19-14-9-5-2-4-8-13(14)16/h12-14H,2-11,16H2,1H3. The largest absolute Gasteiger partial charge is 0.364 e. The van der Waals surface area contributed by atoms with Crippen molar-refractivity contribution in [2.75, 3.05) is 13.1 Å². The second-order valence-electron chi connectivity index (χ2n) is 6.00. The van der Waals surface area contributed by atoms with E-state index in [0.717, 1.165) is 38.8 Å². The molecule has 3 unspecified atom stereocenters. The highest BCUT2D eigenvalue weighted by Crippen LogP contribution is 2.21. The Kier molecular flexibility index (Phi) is 5.64. The van der Waals surface area contributed by atoms with E-state index in [1.165, 1.54) is 25.7 Å². The van der Waals surface area contributed by atoms with Gasteiger partial charge in [0, 0.05) is 19.1 Å². The molecule has 0 radical (unpaired) electrons. The second kappa shape index (κ2) is 7.25. The molecule has 110 valence electrons. The molecule has 19 heavy (non-hydrogen) atoms. The Balaban J connectivity index is 1.84. The van der Waals surface area contributed by atoms with Gasteiger partial charge in [-0.05, 0) is 39.0 Å². The number of hydrogen-bond donors (Lipinski definition) is 1. The van der Waals surface area contributed by atoms with Gasteiger partial charge in [-0.3, -0.25) is 4.79 Å². The van der Waals surface area contributed by atoms with Crippen LogP contribution in [0.15, 0.2) is 0 Å². The molecule has 0 aromatic carbocycles. The molecule has 0 spiro atoms. The van der Waals surface area contributed by atoms with Gasteiger partial charge < -0.3 is 15.4 Å². The average molecular weight is 268 g/mol. The summed E-state index contributed by atoms with van der Waals surface area (Å²) < 4.78 is 5.98. The van der Waals surface area contributed by atoms with Crippen molar-refractivity contribution in [1.29, 1.82) is 0 Å². The molecule has 2 N–H and O–H groups in total. The maximum absolute atomic E-state index is 12.3.